The number of carboxylic acids is 1. The van der Waals surface area contributed by atoms with Gasteiger partial charge in [0.05, 0.1) is 5.41 Å². The van der Waals surface area contributed by atoms with E-state index in [2.05, 4.69) is 14.9 Å². The average molecular weight is 263 g/mol. The van der Waals surface area contributed by atoms with E-state index in [9.17, 15) is 9.90 Å². The van der Waals surface area contributed by atoms with E-state index >= 15 is 0 Å². The molecule has 0 bridgehead atoms. The molecule has 5 heteroatoms. The molecule has 2 rings (SSSR count). The van der Waals surface area contributed by atoms with Crippen LogP contribution in [0.4, 0.5) is 5.82 Å². The van der Waals surface area contributed by atoms with Crippen LogP contribution in [0.3, 0.4) is 0 Å². The van der Waals surface area contributed by atoms with Crippen molar-refractivity contribution < 1.29 is 9.90 Å². The summed E-state index contributed by atoms with van der Waals surface area (Å²) in [5, 5.41) is 9.35. The molecular formula is C14H21N3O2. The maximum absolute atomic E-state index is 11.4. The number of aryl methyl sites for hydroxylation is 1. The van der Waals surface area contributed by atoms with Gasteiger partial charge in [0, 0.05) is 24.8 Å². The number of aromatic nitrogens is 2. The lowest BCUT2D eigenvalue weighted by atomic mass is 9.74. The summed E-state index contributed by atoms with van der Waals surface area (Å²) in [5.74, 6) is 0.325. The molecule has 0 aliphatic carbocycles. The summed E-state index contributed by atoms with van der Waals surface area (Å²) in [4.78, 5) is 21.9. The summed E-state index contributed by atoms with van der Waals surface area (Å²) in [6, 6.07) is 1.95. The predicted molar refractivity (Wildman–Crippen MR) is 73.1 cm³/mol. The quantitative estimate of drug-likeness (QED) is 0.904. The van der Waals surface area contributed by atoms with Gasteiger partial charge in [0.2, 0.25) is 0 Å². The molecule has 1 atom stereocenters. The highest BCUT2D eigenvalue weighted by Gasteiger charge is 2.39. The van der Waals surface area contributed by atoms with Crippen molar-refractivity contribution in [2.75, 3.05) is 18.0 Å². The monoisotopic (exact) mass is 263 g/mol. The van der Waals surface area contributed by atoms with Crippen LogP contribution in [0, 0.1) is 18.3 Å². The molecule has 1 N–H and O–H groups in total. The highest BCUT2D eigenvalue weighted by Crippen LogP contribution is 2.35. The van der Waals surface area contributed by atoms with Crippen molar-refractivity contribution in [1.29, 1.82) is 0 Å². The van der Waals surface area contributed by atoms with E-state index in [1.807, 2.05) is 26.8 Å². The molecule has 1 aliphatic rings. The number of piperidine rings is 1. The van der Waals surface area contributed by atoms with Crippen molar-refractivity contribution in [1.82, 2.24) is 9.97 Å². The zero-order valence-corrected chi connectivity index (χ0v) is 11.8. The molecule has 1 unspecified atom stereocenters. The molecule has 1 aromatic heterocycles. The highest BCUT2D eigenvalue weighted by molar-refractivity contribution is 5.74. The van der Waals surface area contributed by atoms with E-state index in [0.717, 1.165) is 37.4 Å². The van der Waals surface area contributed by atoms with E-state index in [1.165, 1.54) is 0 Å². The van der Waals surface area contributed by atoms with Crippen LogP contribution in [0.1, 0.15) is 32.4 Å². The average Bonchev–Trinajstić information content (AvgIpc) is 2.38. The van der Waals surface area contributed by atoms with Gasteiger partial charge in [0.15, 0.2) is 0 Å². The second-order valence-corrected chi connectivity index (χ2v) is 5.83. The number of hydrogen-bond donors (Lipinski definition) is 1. The van der Waals surface area contributed by atoms with Crippen LogP contribution >= 0.6 is 0 Å². The highest BCUT2D eigenvalue weighted by atomic mass is 16.4. The third-order valence-corrected chi connectivity index (χ3v) is 4.11. The SMILES string of the molecule is Cc1cc(N2CCCC(C(C)(C)C(=O)O)C2)ncn1. The molecule has 0 radical (unpaired) electrons. The second kappa shape index (κ2) is 5.15. The van der Waals surface area contributed by atoms with E-state index in [1.54, 1.807) is 6.33 Å². The van der Waals surface area contributed by atoms with E-state index in [0.29, 0.717) is 0 Å². The van der Waals surface area contributed by atoms with Gasteiger partial charge in [0.25, 0.3) is 0 Å². The van der Waals surface area contributed by atoms with E-state index in [-0.39, 0.29) is 5.92 Å². The van der Waals surface area contributed by atoms with Gasteiger partial charge in [0.1, 0.15) is 12.1 Å². The van der Waals surface area contributed by atoms with Crippen LogP contribution in [0.25, 0.3) is 0 Å². The van der Waals surface area contributed by atoms with Crippen LogP contribution in [-0.4, -0.2) is 34.1 Å². The molecule has 0 spiro atoms. The predicted octanol–water partition coefficient (Wildman–Crippen LogP) is 2.11. The minimum Gasteiger partial charge on any atom is -0.481 e. The van der Waals surface area contributed by atoms with Crippen molar-refractivity contribution in [3.8, 4) is 0 Å². The van der Waals surface area contributed by atoms with Crippen molar-refractivity contribution in [3.05, 3.63) is 18.1 Å². The molecule has 0 saturated carbocycles. The second-order valence-electron chi connectivity index (χ2n) is 5.83. The Labute approximate surface area is 113 Å². The van der Waals surface area contributed by atoms with Gasteiger partial charge in [-0.15, -0.1) is 0 Å². The molecule has 1 saturated heterocycles. The number of nitrogens with zero attached hydrogens (tertiary/aromatic N) is 3. The van der Waals surface area contributed by atoms with Gasteiger partial charge in [-0.2, -0.15) is 0 Å². The first kappa shape index (κ1) is 13.8. The largest absolute Gasteiger partial charge is 0.481 e. The molecule has 0 aromatic carbocycles. The summed E-state index contributed by atoms with van der Waals surface area (Å²) >= 11 is 0. The van der Waals surface area contributed by atoms with Crippen LogP contribution in [-0.2, 0) is 4.79 Å². The molecular weight excluding hydrogens is 242 g/mol. The first-order valence-electron chi connectivity index (χ1n) is 6.68. The fraction of sp³-hybridized carbons (Fsp3) is 0.643. The van der Waals surface area contributed by atoms with Crippen LogP contribution in [0.15, 0.2) is 12.4 Å². The third-order valence-electron chi connectivity index (χ3n) is 4.11. The number of aliphatic carboxylic acids is 1. The molecule has 1 aliphatic heterocycles. The molecule has 2 heterocycles. The molecule has 1 fully saturated rings. The van der Waals surface area contributed by atoms with Crippen LogP contribution < -0.4 is 4.90 Å². The number of carbonyl (C=O) groups is 1. The smallest absolute Gasteiger partial charge is 0.309 e. The Morgan fingerprint density at radius 1 is 1.47 bits per heavy atom. The van der Waals surface area contributed by atoms with Gasteiger partial charge in [-0.05, 0) is 39.5 Å². The molecule has 104 valence electrons. The Balaban J connectivity index is 2.16. The summed E-state index contributed by atoms with van der Waals surface area (Å²) in [6.45, 7) is 7.25. The molecule has 0 amide bonds. The summed E-state index contributed by atoms with van der Waals surface area (Å²) < 4.78 is 0. The molecule has 1 aromatic rings. The van der Waals surface area contributed by atoms with Gasteiger partial charge in [-0.25, -0.2) is 9.97 Å². The van der Waals surface area contributed by atoms with Crippen molar-refractivity contribution in [3.63, 3.8) is 0 Å². The number of rotatable bonds is 3. The van der Waals surface area contributed by atoms with Crippen LogP contribution in [0.5, 0.6) is 0 Å². The third kappa shape index (κ3) is 2.85. The Kier molecular flexibility index (Phi) is 3.73. The fourth-order valence-electron chi connectivity index (χ4n) is 2.56. The first-order valence-corrected chi connectivity index (χ1v) is 6.68. The van der Waals surface area contributed by atoms with E-state index < -0.39 is 11.4 Å². The topological polar surface area (TPSA) is 66.3 Å². The summed E-state index contributed by atoms with van der Waals surface area (Å²) in [5.41, 5.74) is 0.241. The standard InChI is InChI=1S/C14H21N3O2/c1-10-7-12(16-9-15-10)17-6-4-5-11(8-17)14(2,3)13(18)19/h7,9,11H,4-6,8H2,1-3H3,(H,18,19). The maximum Gasteiger partial charge on any atom is 0.309 e. The van der Waals surface area contributed by atoms with Crippen LogP contribution in [0.2, 0.25) is 0 Å². The number of anilines is 1. The molecule has 19 heavy (non-hydrogen) atoms. The Morgan fingerprint density at radius 2 is 2.21 bits per heavy atom. The summed E-state index contributed by atoms with van der Waals surface area (Å²) in [6.07, 6.45) is 3.53. The van der Waals surface area contributed by atoms with Gasteiger partial charge < -0.3 is 10.0 Å². The van der Waals surface area contributed by atoms with Crippen molar-refractivity contribution in [2.45, 2.75) is 33.6 Å². The Hall–Kier alpha value is -1.65. The van der Waals surface area contributed by atoms with Gasteiger partial charge in [-0.1, -0.05) is 0 Å². The normalized spacial score (nSPS) is 20.4. The number of hydrogen-bond acceptors (Lipinski definition) is 4. The lowest BCUT2D eigenvalue weighted by Gasteiger charge is -2.39. The minimum absolute atomic E-state index is 0.147. The lowest BCUT2D eigenvalue weighted by Crippen LogP contribution is -2.45. The van der Waals surface area contributed by atoms with Gasteiger partial charge in [-0.3, -0.25) is 4.79 Å². The maximum atomic E-state index is 11.4. The van der Waals surface area contributed by atoms with Crippen molar-refractivity contribution in [2.24, 2.45) is 11.3 Å². The Morgan fingerprint density at radius 3 is 2.84 bits per heavy atom. The first-order chi connectivity index (χ1) is 8.91. The lowest BCUT2D eigenvalue weighted by molar-refractivity contribution is -0.150. The fourth-order valence-corrected chi connectivity index (χ4v) is 2.56. The molecule has 5 nitrogen and oxygen atoms in total. The summed E-state index contributed by atoms with van der Waals surface area (Å²) in [7, 11) is 0. The van der Waals surface area contributed by atoms with Crippen molar-refractivity contribution >= 4 is 11.8 Å². The number of carboxylic acid groups (broad SMARTS) is 1. The Bertz CT molecular complexity index is 474. The zero-order chi connectivity index (χ0) is 14.0. The van der Waals surface area contributed by atoms with Gasteiger partial charge >= 0.3 is 5.97 Å². The zero-order valence-electron chi connectivity index (χ0n) is 11.8. The minimum atomic E-state index is -0.724. The van der Waals surface area contributed by atoms with E-state index in [4.69, 9.17) is 0 Å².